The summed E-state index contributed by atoms with van der Waals surface area (Å²) in [6.07, 6.45) is -5.42. The molecule has 10 heteroatoms. The third kappa shape index (κ3) is 4.09. The van der Waals surface area contributed by atoms with Gasteiger partial charge in [0.2, 0.25) is 5.75 Å². The Kier molecular flexibility index (Phi) is 6.17. The molecule has 1 aliphatic rings. The molecule has 1 aliphatic carbocycles. The van der Waals surface area contributed by atoms with Gasteiger partial charge in [0.15, 0.2) is 16.9 Å². The lowest BCUT2D eigenvalue weighted by atomic mass is 9.81. The van der Waals surface area contributed by atoms with Crippen molar-refractivity contribution in [2.45, 2.75) is 30.8 Å². The smallest absolute Gasteiger partial charge is 0.204 e. The number of aliphatic hydroxyl groups is 4. The molecule has 1 fully saturated rings. The Balaban J connectivity index is 1.79. The highest BCUT2D eigenvalue weighted by Crippen LogP contribution is 2.43. The van der Waals surface area contributed by atoms with Crippen LogP contribution in [0.15, 0.2) is 45.6 Å². The van der Waals surface area contributed by atoms with Crippen molar-refractivity contribution in [3.63, 3.8) is 0 Å². The highest BCUT2D eigenvalue weighted by molar-refractivity contribution is 5.89. The number of phenols is 2. The lowest BCUT2D eigenvalue weighted by Crippen LogP contribution is -2.56. The van der Waals surface area contributed by atoms with Crippen LogP contribution in [0.4, 0.5) is 0 Å². The molecule has 6 N–H and O–H groups in total. The number of aliphatic hydroxyl groups excluding tert-OH is 4. The first-order valence-corrected chi connectivity index (χ1v) is 10.2. The van der Waals surface area contributed by atoms with Gasteiger partial charge in [0, 0.05) is 30.2 Å². The van der Waals surface area contributed by atoms with Gasteiger partial charge in [0.1, 0.15) is 40.8 Å². The molecule has 0 bridgehead atoms. The van der Waals surface area contributed by atoms with Crippen molar-refractivity contribution in [2.24, 2.45) is 5.92 Å². The number of phenolic OH excluding ortho intramolecular Hbond substituents is 2. The molecule has 5 atom stereocenters. The van der Waals surface area contributed by atoms with Crippen LogP contribution in [0.5, 0.6) is 23.0 Å². The second-order valence-electron chi connectivity index (χ2n) is 7.96. The van der Waals surface area contributed by atoms with Crippen LogP contribution in [0.3, 0.4) is 0 Å². The number of fused-ring (bicyclic) bond motifs is 1. The minimum atomic E-state index is -1.56. The van der Waals surface area contributed by atoms with E-state index < -0.39 is 48.1 Å². The first-order chi connectivity index (χ1) is 15.7. The molecule has 0 aliphatic heterocycles. The number of ether oxygens (including phenoxy) is 2. The number of aromatic hydroxyl groups is 2. The molecule has 0 radical (unpaired) electrons. The largest absolute Gasteiger partial charge is 0.508 e. The van der Waals surface area contributed by atoms with Gasteiger partial charge in [-0.05, 0) is 30.7 Å². The fourth-order valence-corrected chi connectivity index (χ4v) is 4.06. The first kappa shape index (κ1) is 22.9. The average molecular weight is 460 g/mol. The summed E-state index contributed by atoms with van der Waals surface area (Å²) in [6.45, 7) is -0.435. The van der Waals surface area contributed by atoms with Crippen molar-refractivity contribution in [1.29, 1.82) is 0 Å². The van der Waals surface area contributed by atoms with Gasteiger partial charge in [-0.3, -0.25) is 4.79 Å². The number of rotatable bonds is 5. The molecule has 2 aromatic carbocycles. The highest BCUT2D eigenvalue weighted by Gasteiger charge is 2.44. The van der Waals surface area contributed by atoms with E-state index >= 15 is 0 Å². The molecule has 176 valence electrons. The summed E-state index contributed by atoms with van der Waals surface area (Å²) in [7, 11) is 1.26. The van der Waals surface area contributed by atoms with Gasteiger partial charge in [-0.15, -0.1) is 0 Å². The van der Waals surface area contributed by atoms with Gasteiger partial charge in [0.25, 0.3) is 0 Å². The van der Waals surface area contributed by atoms with E-state index in [1.54, 1.807) is 12.1 Å². The standard InChI is InChI=1S/C23H24O10/c1-31-23-17(33-16-6-11(9-24)19(27)22(30)20(16)28)8-15-18(21(23)29)13(26)7-14(32-15)10-2-4-12(25)5-3-10/h2-5,7-8,11,16,19-20,22,24-25,27-30H,6,9H2,1H3. The third-order valence-electron chi connectivity index (χ3n) is 5.88. The number of hydrogen-bond donors (Lipinski definition) is 6. The fraction of sp³-hybridized carbons (Fsp3) is 0.348. The highest BCUT2D eigenvalue weighted by atomic mass is 16.5. The maximum absolute atomic E-state index is 12.7. The summed E-state index contributed by atoms with van der Waals surface area (Å²) in [6, 6.07) is 8.49. The molecule has 0 amide bonds. The van der Waals surface area contributed by atoms with Crippen LogP contribution in [0.25, 0.3) is 22.3 Å². The van der Waals surface area contributed by atoms with E-state index in [1.165, 1.54) is 31.4 Å². The molecule has 0 saturated heterocycles. The zero-order valence-corrected chi connectivity index (χ0v) is 17.6. The summed E-state index contributed by atoms with van der Waals surface area (Å²) < 4.78 is 16.9. The van der Waals surface area contributed by atoms with Crippen molar-refractivity contribution in [2.75, 3.05) is 13.7 Å². The molecule has 4 rings (SSSR count). The molecule has 1 aromatic heterocycles. The molecule has 3 aromatic rings. The maximum Gasteiger partial charge on any atom is 0.204 e. The molecule has 1 saturated carbocycles. The predicted molar refractivity (Wildman–Crippen MR) is 115 cm³/mol. The van der Waals surface area contributed by atoms with Crippen LogP contribution in [0, 0.1) is 5.92 Å². The van der Waals surface area contributed by atoms with Gasteiger partial charge < -0.3 is 44.5 Å². The van der Waals surface area contributed by atoms with E-state index in [9.17, 15) is 35.4 Å². The third-order valence-corrected chi connectivity index (χ3v) is 5.88. The second kappa shape index (κ2) is 8.91. The molecule has 0 spiro atoms. The molecular formula is C23H24O10. The van der Waals surface area contributed by atoms with Gasteiger partial charge in [-0.1, -0.05) is 0 Å². The van der Waals surface area contributed by atoms with Crippen LogP contribution in [-0.4, -0.2) is 68.8 Å². The molecule has 1 heterocycles. The minimum Gasteiger partial charge on any atom is -0.508 e. The normalized spacial score (nSPS) is 25.2. The van der Waals surface area contributed by atoms with Crippen LogP contribution in [0.2, 0.25) is 0 Å². The van der Waals surface area contributed by atoms with Gasteiger partial charge in [0.05, 0.1) is 13.2 Å². The average Bonchev–Trinajstić information content (AvgIpc) is 2.79. The van der Waals surface area contributed by atoms with E-state index in [1.807, 2.05) is 0 Å². The number of methoxy groups -OCH3 is 1. The second-order valence-corrected chi connectivity index (χ2v) is 7.96. The maximum atomic E-state index is 12.7. The van der Waals surface area contributed by atoms with E-state index in [-0.39, 0.29) is 40.4 Å². The van der Waals surface area contributed by atoms with Crippen molar-refractivity contribution in [3.05, 3.63) is 46.6 Å². The molecular weight excluding hydrogens is 436 g/mol. The molecule has 33 heavy (non-hydrogen) atoms. The summed E-state index contributed by atoms with van der Waals surface area (Å²) in [4.78, 5) is 12.7. The zero-order chi connectivity index (χ0) is 23.9. The molecule has 10 nitrogen and oxygen atoms in total. The minimum absolute atomic E-state index is 0.00927. The molecule has 5 unspecified atom stereocenters. The Hall–Kier alpha value is -3.31. The van der Waals surface area contributed by atoms with E-state index in [4.69, 9.17) is 13.9 Å². The number of benzene rings is 2. The Morgan fingerprint density at radius 2 is 1.73 bits per heavy atom. The summed E-state index contributed by atoms with van der Waals surface area (Å²) in [5, 5.41) is 60.0. The Bertz CT molecular complexity index is 1200. The summed E-state index contributed by atoms with van der Waals surface area (Å²) in [5.74, 6) is -1.30. The fourth-order valence-electron chi connectivity index (χ4n) is 4.06. The van der Waals surface area contributed by atoms with Gasteiger partial charge in [-0.25, -0.2) is 0 Å². The van der Waals surface area contributed by atoms with Gasteiger partial charge >= 0.3 is 0 Å². The van der Waals surface area contributed by atoms with Crippen molar-refractivity contribution in [3.8, 4) is 34.3 Å². The Labute approximate surface area is 187 Å². The van der Waals surface area contributed by atoms with Crippen LogP contribution in [-0.2, 0) is 0 Å². The zero-order valence-electron chi connectivity index (χ0n) is 17.6. The van der Waals surface area contributed by atoms with Gasteiger partial charge in [-0.2, -0.15) is 0 Å². The van der Waals surface area contributed by atoms with E-state index in [2.05, 4.69) is 0 Å². The van der Waals surface area contributed by atoms with Crippen LogP contribution >= 0.6 is 0 Å². The van der Waals surface area contributed by atoms with Crippen molar-refractivity contribution >= 4 is 11.0 Å². The Morgan fingerprint density at radius 1 is 1.03 bits per heavy atom. The summed E-state index contributed by atoms with van der Waals surface area (Å²) in [5.41, 5.74) is -0.0584. The lowest BCUT2D eigenvalue weighted by molar-refractivity contribution is -0.157. The van der Waals surface area contributed by atoms with Crippen molar-refractivity contribution in [1.82, 2.24) is 0 Å². The van der Waals surface area contributed by atoms with Crippen molar-refractivity contribution < 1.29 is 44.5 Å². The Morgan fingerprint density at radius 3 is 2.36 bits per heavy atom. The van der Waals surface area contributed by atoms with Crippen LogP contribution in [0.1, 0.15) is 6.42 Å². The summed E-state index contributed by atoms with van der Waals surface area (Å²) >= 11 is 0. The van der Waals surface area contributed by atoms with E-state index in [0.717, 1.165) is 0 Å². The van der Waals surface area contributed by atoms with E-state index in [0.29, 0.717) is 5.56 Å². The van der Waals surface area contributed by atoms with Crippen LogP contribution < -0.4 is 14.9 Å². The first-order valence-electron chi connectivity index (χ1n) is 10.2. The number of hydrogen-bond acceptors (Lipinski definition) is 10. The lowest BCUT2D eigenvalue weighted by Gasteiger charge is -2.39. The SMILES string of the molecule is COc1c(OC2CC(CO)C(O)C(O)C2O)cc2oc(-c3ccc(O)cc3)cc(=O)c2c1O. The topological polar surface area (TPSA) is 170 Å². The predicted octanol–water partition coefficient (Wildman–Crippen LogP) is 0.722. The monoisotopic (exact) mass is 460 g/mol. The quantitative estimate of drug-likeness (QED) is 0.319.